The molecule has 1 N–H and O–H groups in total. The number of aromatic nitrogens is 2. The van der Waals surface area contributed by atoms with Gasteiger partial charge in [-0.05, 0) is 42.6 Å². The maximum absolute atomic E-state index is 12.3. The molecule has 1 amide bonds. The van der Waals surface area contributed by atoms with E-state index in [0.717, 1.165) is 19.6 Å². The van der Waals surface area contributed by atoms with Crippen LogP contribution in [0, 0.1) is 0 Å². The van der Waals surface area contributed by atoms with Gasteiger partial charge in [0.15, 0.2) is 5.76 Å². The topological polar surface area (TPSA) is 63.3 Å². The molecule has 1 fully saturated rings. The Balaban J connectivity index is 1.21. The number of carbonyl (C=O) groups is 1. The highest BCUT2D eigenvalue weighted by Gasteiger charge is 2.23. The quantitative estimate of drug-likeness (QED) is 0.700. The van der Waals surface area contributed by atoms with Gasteiger partial charge in [0.05, 0.1) is 6.54 Å². The Morgan fingerprint density at radius 1 is 1.19 bits per heavy atom. The average Bonchev–Trinajstić information content (AvgIpc) is 3.45. The van der Waals surface area contributed by atoms with E-state index in [1.54, 1.807) is 16.9 Å². The van der Waals surface area contributed by atoms with Crippen LogP contribution in [0.5, 0.6) is 0 Å². The van der Waals surface area contributed by atoms with Gasteiger partial charge >= 0.3 is 0 Å². The number of furan rings is 1. The van der Waals surface area contributed by atoms with Crippen LogP contribution in [0.1, 0.15) is 34.2 Å². The summed E-state index contributed by atoms with van der Waals surface area (Å²) in [7, 11) is 0. The number of amides is 1. The van der Waals surface area contributed by atoms with Crippen LogP contribution in [0.2, 0.25) is 0 Å². The Morgan fingerprint density at radius 3 is 2.89 bits per heavy atom. The molecule has 140 valence electrons. The first-order valence-electron chi connectivity index (χ1n) is 9.39. The summed E-state index contributed by atoms with van der Waals surface area (Å²) in [4.78, 5) is 14.7. The third-order valence-corrected chi connectivity index (χ3v) is 5.02. The Labute approximate surface area is 158 Å². The molecule has 0 aliphatic carbocycles. The molecular weight excluding hydrogens is 340 g/mol. The number of benzene rings is 1. The summed E-state index contributed by atoms with van der Waals surface area (Å²) >= 11 is 0. The molecule has 0 saturated carbocycles. The average molecular weight is 364 g/mol. The van der Waals surface area contributed by atoms with Gasteiger partial charge in [0.25, 0.3) is 5.91 Å². The molecule has 1 aromatic carbocycles. The third-order valence-electron chi connectivity index (χ3n) is 5.02. The minimum atomic E-state index is -0.166. The fourth-order valence-electron chi connectivity index (χ4n) is 3.59. The minimum absolute atomic E-state index is 0.166. The molecule has 6 nitrogen and oxygen atoms in total. The molecule has 6 heteroatoms. The van der Waals surface area contributed by atoms with Crippen LogP contribution < -0.4 is 5.32 Å². The Morgan fingerprint density at radius 2 is 2.07 bits per heavy atom. The van der Waals surface area contributed by atoms with Crippen molar-refractivity contribution in [2.75, 3.05) is 26.2 Å². The van der Waals surface area contributed by atoms with Crippen LogP contribution in [-0.2, 0) is 6.54 Å². The van der Waals surface area contributed by atoms with Crippen LogP contribution in [0.25, 0.3) is 0 Å². The molecule has 1 saturated heterocycles. The van der Waals surface area contributed by atoms with Crippen LogP contribution in [0.3, 0.4) is 0 Å². The monoisotopic (exact) mass is 364 g/mol. The second-order valence-corrected chi connectivity index (χ2v) is 6.92. The lowest BCUT2D eigenvalue weighted by Crippen LogP contribution is -2.33. The van der Waals surface area contributed by atoms with Gasteiger partial charge in [0.1, 0.15) is 5.76 Å². The SMILES string of the molecule is O=C(NCCN1CC[C@H](c2ccccc2)C1)c1ccc(Cn2cccn2)o1. The largest absolute Gasteiger partial charge is 0.454 e. The first kappa shape index (κ1) is 17.5. The van der Waals surface area contributed by atoms with Crippen LogP contribution in [0.15, 0.2) is 65.3 Å². The fraction of sp³-hybridized carbons (Fsp3) is 0.333. The molecule has 3 heterocycles. The summed E-state index contributed by atoms with van der Waals surface area (Å²) in [6, 6.07) is 16.1. The van der Waals surface area contributed by atoms with E-state index in [-0.39, 0.29) is 5.91 Å². The number of hydrogen-bond donors (Lipinski definition) is 1. The van der Waals surface area contributed by atoms with Gasteiger partial charge in [-0.1, -0.05) is 30.3 Å². The highest BCUT2D eigenvalue weighted by Crippen LogP contribution is 2.26. The third kappa shape index (κ3) is 4.46. The maximum atomic E-state index is 12.3. The van der Waals surface area contributed by atoms with E-state index in [2.05, 4.69) is 45.6 Å². The van der Waals surface area contributed by atoms with Crippen molar-refractivity contribution in [2.45, 2.75) is 18.9 Å². The van der Waals surface area contributed by atoms with Crippen molar-refractivity contribution >= 4 is 5.91 Å². The van der Waals surface area contributed by atoms with Gasteiger partial charge in [0.2, 0.25) is 0 Å². The molecule has 0 spiro atoms. The lowest BCUT2D eigenvalue weighted by Gasteiger charge is -2.16. The molecule has 0 radical (unpaired) electrons. The standard InChI is InChI=1S/C21H24N4O2/c26-21(20-8-7-19(27-20)16-25-12-4-10-23-25)22-11-14-24-13-9-18(15-24)17-5-2-1-3-6-17/h1-8,10,12,18H,9,11,13-16H2,(H,22,26)/t18-/m0/s1. The van der Waals surface area contributed by atoms with E-state index in [1.807, 2.05) is 18.3 Å². The normalized spacial score (nSPS) is 17.3. The number of nitrogens with zero attached hydrogens (tertiary/aromatic N) is 3. The van der Waals surface area contributed by atoms with Crippen molar-refractivity contribution in [3.63, 3.8) is 0 Å². The number of hydrogen-bond acceptors (Lipinski definition) is 4. The van der Waals surface area contributed by atoms with E-state index in [1.165, 1.54) is 12.0 Å². The van der Waals surface area contributed by atoms with E-state index in [0.29, 0.717) is 30.5 Å². The highest BCUT2D eigenvalue weighted by molar-refractivity contribution is 5.91. The van der Waals surface area contributed by atoms with E-state index in [9.17, 15) is 4.79 Å². The molecule has 0 unspecified atom stereocenters. The van der Waals surface area contributed by atoms with Crippen molar-refractivity contribution < 1.29 is 9.21 Å². The summed E-state index contributed by atoms with van der Waals surface area (Å²) in [5, 5.41) is 7.09. The molecular formula is C21H24N4O2. The van der Waals surface area contributed by atoms with Crippen molar-refractivity contribution in [3.05, 3.63) is 78.0 Å². The van der Waals surface area contributed by atoms with Crippen molar-refractivity contribution in [3.8, 4) is 0 Å². The zero-order valence-electron chi connectivity index (χ0n) is 15.3. The van der Waals surface area contributed by atoms with Crippen molar-refractivity contribution in [1.29, 1.82) is 0 Å². The number of nitrogens with one attached hydrogen (secondary N) is 1. The first-order chi connectivity index (χ1) is 13.3. The smallest absolute Gasteiger partial charge is 0.287 e. The number of carbonyl (C=O) groups excluding carboxylic acids is 1. The molecule has 27 heavy (non-hydrogen) atoms. The van der Waals surface area contributed by atoms with Gasteiger partial charge in [-0.2, -0.15) is 5.10 Å². The van der Waals surface area contributed by atoms with E-state index < -0.39 is 0 Å². The predicted molar refractivity (Wildman–Crippen MR) is 103 cm³/mol. The molecule has 1 aliphatic rings. The summed E-state index contributed by atoms with van der Waals surface area (Å²) in [5.74, 6) is 1.49. The minimum Gasteiger partial charge on any atom is -0.454 e. The highest BCUT2D eigenvalue weighted by atomic mass is 16.4. The first-order valence-corrected chi connectivity index (χ1v) is 9.39. The number of likely N-dealkylation sites (tertiary alicyclic amines) is 1. The zero-order valence-corrected chi connectivity index (χ0v) is 15.3. The lowest BCUT2D eigenvalue weighted by molar-refractivity contribution is 0.0920. The van der Waals surface area contributed by atoms with E-state index >= 15 is 0 Å². The van der Waals surface area contributed by atoms with Gasteiger partial charge < -0.3 is 14.6 Å². The number of rotatable bonds is 7. The molecule has 2 aromatic heterocycles. The summed E-state index contributed by atoms with van der Waals surface area (Å²) in [5.41, 5.74) is 1.41. The van der Waals surface area contributed by atoms with Crippen LogP contribution in [0.4, 0.5) is 0 Å². The molecule has 4 rings (SSSR count). The molecule has 1 atom stereocenters. The summed E-state index contributed by atoms with van der Waals surface area (Å²) in [6.45, 7) is 4.12. The Hall–Kier alpha value is -2.86. The zero-order chi connectivity index (χ0) is 18.5. The van der Waals surface area contributed by atoms with Crippen LogP contribution >= 0.6 is 0 Å². The predicted octanol–water partition coefficient (Wildman–Crippen LogP) is 2.74. The second-order valence-electron chi connectivity index (χ2n) is 6.92. The van der Waals surface area contributed by atoms with Gasteiger partial charge in [-0.15, -0.1) is 0 Å². The fourth-order valence-corrected chi connectivity index (χ4v) is 3.59. The summed E-state index contributed by atoms with van der Waals surface area (Å²) in [6.07, 6.45) is 4.76. The van der Waals surface area contributed by atoms with Crippen molar-refractivity contribution in [1.82, 2.24) is 20.0 Å². The lowest BCUT2D eigenvalue weighted by atomic mass is 9.99. The molecule has 1 aliphatic heterocycles. The Kier molecular flexibility index (Phi) is 5.34. The molecule has 3 aromatic rings. The van der Waals surface area contributed by atoms with E-state index in [4.69, 9.17) is 4.42 Å². The van der Waals surface area contributed by atoms with Gasteiger partial charge in [-0.25, -0.2) is 0 Å². The second kappa shape index (κ2) is 8.22. The maximum Gasteiger partial charge on any atom is 0.287 e. The Bertz CT molecular complexity index is 857. The summed E-state index contributed by atoms with van der Waals surface area (Å²) < 4.78 is 7.39. The molecule has 0 bridgehead atoms. The van der Waals surface area contributed by atoms with Crippen LogP contribution in [-0.4, -0.2) is 46.8 Å². The van der Waals surface area contributed by atoms with Gasteiger partial charge in [-0.3, -0.25) is 9.48 Å². The van der Waals surface area contributed by atoms with Gasteiger partial charge in [0, 0.05) is 32.0 Å². The van der Waals surface area contributed by atoms with Crippen molar-refractivity contribution in [2.24, 2.45) is 0 Å².